The number of nitrogens with one attached hydrogen (secondary N) is 1. The Morgan fingerprint density at radius 3 is 2.25 bits per heavy atom. The van der Waals surface area contributed by atoms with Crippen LogP contribution in [0.25, 0.3) is 0 Å². The van der Waals surface area contributed by atoms with Gasteiger partial charge in [0.2, 0.25) is 5.91 Å². The van der Waals surface area contributed by atoms with Gasteiger partial charge in [-0.3, -0.25) is 9.59 Å². The number of rotatable bonds is 9. The van der Waals surface area contributed by atoms with Crippen LogP contribution in [0.5, 0.6) is 17.2 Å². The first kappa shape index (κ1) is 21.1. The number of para-hydroxylation sites is 2. The average Bonchev–Trinajstić information content (AvgIpc) is 2.71. The van der Waals surface area contributed by atoms with E-state index in [2.05, 4.69) is 5.32 Å². The van der Waals surface area contributed by atoms with E-state index in [9.17, 15) is 9.59 Å². The molecule has 2 amide bonds. The minimum absolute atomic E-state index is 0.135. The molecule has 0 aliphatic heterocycles. The van der Waals surface area contributed by atoms with Crippen molar-refractivity contribution in [1.82, 2.24) is 5.32 Å². The van der Waals surface area contributed by atoms with E-state index >= 15 is 0 Å². The fourth-order valence-electron chi connectivity index (χ4n) is 2.73. The Morgan fingerprint density at radius 2 is 1.68 bits per heavy atom. The summed E-state index contributed by atoms with van der Waals surface area (Å²) in [4.78, 5) is 26.2. The zero-order valence-electron chi connectivity index (χ0n) is 16.7. The zero-order chi connectivity index (χ0) is 20.5. The Balaban J connectivity index is 2.08. The smallest absolute Gasteiger partial charge is 0.251 e. The van der Waals surface area contributed by atoms with Crippen LogP contribution in [0.2, 0.25) is 0 Å². The van der Waals surface area contributed by atoms with Crippen molar-refractivity contribution >= 4 is 17.5 Å². The van der Waals surface area contributed by atoms with Crippen LogP contribution in [0, 0.1) is 0 Å². The lowest BCUT2D eigenvalue weighted by Crippen LogP contribution is -2.37. The van der Waals surface area contributed by atoms with E-state index in [0.717, 1.165) is 0 Å². The number of benzene rings is 2. The van der Waals surface area contributed by atoms with Gasteiger partial charge in [-0.25, -0.2) is 0 Å². The van der Waals surface area contributed by atoms with Crippen LogP contribution in [0.4, 0.5) is 5.69 Å². The van der Waals surface area contributed by atoms with Crippen LogP contribution in [-0.4, -0.2) is 45.7 Å². The molecular weight excluding hydrogens is 360 g/mol. The standard InChI is InChI=1S/C21H26N2O5/c1-5-28-20-9-7-6-8-19(20)23(15(2)24)11-10-22-21(25)16-12-17(26-3)14-18(13-16)27-4/h6-9,12-14H,5,10-11H2,1-4H3,(H,22,25). The molecule has 0 bridgehead atoms. The molecule has 0 aliphatic rings. The van der Waals surface area contributed by atoms with Crippen LogP contribution in [-0.2, 0) is 4.79 Å². The molecule has 0 radical (unpaired) electrons. The fraction of sp³-hybridized carbons (Fsp3) is 0.333. The first-order chi connectivity index (χ1) is 13.5. The summed E-state index contributed by atoms with van der Waals surface area (Å²) < 4.78 is 16.0. The molecule has 0 fully saturated rings. The van der Waals surface area contributed by atoms with E-state index in [1.54, 1.807) is 23.1 Å². The van der Waals surface area contributed by atoms with Crippen LogP contribution >= 0.6 is 0 Å². The number of amides is 2. The molecule has 0 saturated carbocycles. The molecule has 150 valence electrons. The van der Waals surface area contributed by atoms with Crippen molar-refractivity contribution in [2.24, 2.45) is 0 Å². The van der Waals surface area contributed by atoms with Gasteiger partial charge in [0.1, 0.15) is 17.2 Å². The Hall–Kier alpha value is -3.22. The van der Waals surface area contributed by atoms with Gasteiger partial charge >= 0.3 is 0 Å². The number of hydrogen-bond donors (Lipinski definition) is 1. The highest BCUT2D eigenvalue weighted by molar-refractivity contribution is 5.96. The second-order valence-corrected chi connectivity index (χ2v) is 5.93. The number of nitrogens with zero attached hydrogens (tertiary/aromatic N) is 1. The zero-order valence-corrected chi connectivity index (χ0v) is 16.7. The summed E-state index contributed by atoms with van der Waals surface area (Å²) >= 11 is 0. The van der Waals surface area contributed by atoms with Crippen molar-refractivity contribution < 1.29 is 23.8 Å². The van der Waals surface area contributed by atoms with E-state index in [4.69, 9.17) is 14.2 Å². The fourth-order valence-corrected chi connectivity index (χ4v) is 2.73. The summed E-state index contributed by atoms with van der Waals surface area (Å²) in [5.74, 6) is 1.27. The second-order valence-electron chi connectivity index (χ2n) is 5.93. The monoisotopic (exact) mass is 386 g/mol. The third-order valence-corrected chi connectivity index (χ3v) is 4.07. The van der Waals surface area contributed by atoms with Gasteiger partial charge in [0.05, 0.1) is 26.5 Å². The lowest BCUT2D eigenvalue weighted by atomic mass is 10.2. The van der Waals surface area contributed by atoms with Crippen LogP contribution in [0.15, 0.2) is 42.5 Å². The molecule has 0 heterocycles. The van der Waals surface area contributed by atoms with Crippen molar-refractivity contribution in [3.05, 3.63) is 48.0 Å². The molecule has 7 nitrogen and oxygen atoms in total. The molecular formula is C21H26N2O5. The highest BCUT2D eigenvalue weighted by Gasteiger charge is 2.17. The molecule has 0 aromatic heterocycles. The van der Waals surface area contributed by atoms with E-state index in [-0.39, 0.29) is 18.4 Å². The highest BCUT2D eigenvalue weighted by atomic mass is 16.5. The van der Waals surface area contributed by atoms with E-state index in [1.807, 2.05) is 31.2 Å². The van der Waals surface area contributed by atoms with Gasteiger partial charge < -0.3 is 24.4 Å². The maximum atomic E-state index is 12.5. The quantitative estimate of drug-likeness (QED) is 0.717. The Bertz CT molecular complexity index is 800. The van der Waals surface area contributed by atoms with Crippen LogP contribution < -0.4 is 24.4 Å². The topological polar surface area (TPSA) is 77.1 Å². The number of anilines is 1. The van der Waals surface area contributed by atoms with E-state index in [0.29, 0.717) is 41.7 Å². The first-order valence-electron chi connectivity index (χ1n) is 9.01. The molecule has 0 saturated heterocycles. The number of methoxy groups -OCH3 is 2. The Morgan fingerprint density at radius 1 is 1.04 bits per heavy atom. The van der Waals surface area contributed by atoms with Crippen molar-refractivity contribution in [1.29, 1.82) is 0 Å². The van der Waals surface area contributed by atoms with Gasteiger partial charge in [-0.15, -0.1) is 0 Å². The maximum Gasteiger partial charge on any atom is 0.251 e. The summed E-state index contributed by atoms with van der Waals surface area (Å²) in [6.07, 6.45) is 0. The SMILES string of the molecule is CCOc1ccccc1N(CCNC(=O)c1cc(OC)cc(OC)c1)C(C)=O. The van der Waals surface area contributed by atoms with Gasteiger partial charge in [0.15, 0.2) is 0 Å². The third kappa shape index (κ3) is 5.39. The Kier molecular flexibility index (Phi) is 7.68. The normalized spacial score (nSPS) is 10.1. The minimum atomic E-state index is -0.279. The molecule has 0 atom stereocenters. The summed E-state index contributed by atoms with van der Waals surface area (Å²) in [5.41, 5.74) is 1.09. The van der Waals surface area contributed by atoms with Crippen LogP contribution in [0.3, 0.4) is 0 Å². The summed E-state index contributed by atoms with van der Waals surface area (Å²) in [6, 6.07) is 12.3. The number of carbonyl (C=O) groups excluding carboxylic acids is 2. The lowest BCUT2D eigenvalue weighted by molar-refractivity contribution is -0.116. The van der Waals surface area contributed by atoms with E-state index < -0.39 is 0 Å². The molecule has 0 unspecified atom stereocenters. The summed E-state index contributed by atoms with van der Waals surface area (Å²) in [6.45, 7) is 4.46. The van der Waals surface area contributed by atoms with Crippen molar-refractivity contribution in [2.75, 3.05) is 38.8 Å². The molecule has 0 aliphatic carbocycles. The predicted octanol–water partition coefficient (Wildman–Crippen LogP) is 2.89. The van der Waals surface area contributed by atoms with Gasteiger partial charge in [-0.1, -0.05) is 12.1 Å². The molecule has 7 heteroatoms. The molecule has 0 spiro atoms. The van der Waals surface area contributed by atoms with Gasteiger partial charge in [-0.2, -0.15) is 0 Å². The lowest BCUT2D eigenvalue weighted by Gasteiger charge is -2.23. The van der Waals surface area contributed by atoms with Crippen molar-refractivity contribution in [2.45, 2.75) is 13.8 Å². The Labute approximate surface area is 165 Å². The molecule has 2 rings (SSSR count). The summed E-state index contributed by atoms with van der Waals surface area (Å²) in [7, 11) is 3.05. The van der Waals surface area contributed by atoms with Gasteiger partial charge in [0.25, 0.3) is 5.91 Å². The minimum Gasteiger partial charge on any atom is -0.497 e. The summed E-state index contributed by atoms with van der Waals surface area (Å²) in [5, 5.41) is 2.82. The molecule has 28 heavy (non-hydrogen) atoms. The van der Waals surface area contributed by atoms with Gasteiger partial charge in [0, 0.05) is 31.6 Å². The van der Waals surface area contributed by atoms with Crippen molar-refractivity contribution in [3.63, 3.8) is 0 Å². The largest absolute Gasteiger partial charge is 0.497 e. The average molecular weight is 386 g/mol. The maximum absolute atomic E-state index is 12.5. The second kappa shape index (κ2) is 10.2. The van der Waals surface area contributed by atoms with E-state index in [1.165, 1.54) is 21.1 Å². The number of ether oxygens (including phenoxy) is 3. The predicted molar refractivity (Wildman–Crippen MR) is 108 cm³/mol. The number of carbonyl (C=O) groups is 2. The molecule has 1 N–H and O–H groups in total. The third-order valence-electron chi connectivity index (χ3n) is 4.07. The number of hydrogen-bond acceptors (Lipinski definition) is 5. The molecule has 2 aromatic rings. The molecule has 2 aromatic carbocycles. The first-order valence-corrected chi connectivity index (χ1v) is 9.01. The van der Waals surface area contributed by atoms with Gasteiger partial charge in [-0.05, 0) is 31.2 Å². The van der Waals surface area contributed by atoms with Crippen LogP contribution in [0.1, 0.15) is 24.2 Å². The van der Waals surface area contributed by atoms with Crippen molar-refractivity contribution in [3.8, 4) is 17.2 Å². The highest BCUT2D eigenvalue weighted by Crippen LogP contribution is 2.28.